The number of aromatic nitrogens is 2. The van der Waals surface area contributed by atoms with Crippen LogP contribution >= 0.6 is 25.3 Å². The highest BCUT2D eigenvalue weighted by molar-refractivity contribution is 7.80. The van der Waals surface area contributed by atoms with Crippen molar-refractivity contribution in [1.29, 1.82) is 0 Å². The molecule has 6 rings (SSSR count). The number of thiol groups is 2. The second-order valence-electron chi connectivity index (χ2n) is 27.6. The number of phenols is 1. The number of carbonyl (C=O) groups is 15. The number of carbonyl (C=O) groups excluding carboxylic acids is 12. The van der Waals surface area contributed by atoms with Gasteiger partial charge in [-0.05, 0) is 90.8 Å². The smallest absolute Gasteiger partial charge is 0.326 e. The Morgan fingerprint density at radius 2 is 0.926 bits per heavy atom. The van der Waals surface area contributed by atoms with E-state index >= 15 is 9.59 Å². The molecule has 0 bridgehead atoms. The molecule has 1 saturated heterocycles. The van der Waals surface area contributed by atoms with Gasteiger partial charge in [0.15, 0.2) is 0 Å². The van der Waals surface area contributed by atoms with Gasteiger partial charge in [0.1, 0.15) is 72.2 Å². The Bertz CT molecular complexity index is 4070. The number of aliphatic carboxylic acids is 3. The van der Waals surface area contributed by atoms with E-state index in [2.05, 4.69) is 88.4 Å². The van der Waals surface area contributed by atoms with Gasteiger partial charge < -0.3 is 99.9 Å². The van der Waals surface area contributed by atoms with Gasteiger partial charge in [-0.2, -0.15) is 25.3 Å². The lowest BCUT2D eigenvalue weighted by atomic mass is 9.99. The average molecular weight is 1540 g/mol. The van der Waals surface area contributed by atoms with Crippen LogP contribution in [0.2, 0.25) is 0 Å². The number of rotatable bonds is 42. The Hall–Kier alpha value is -10.7. The van der Waals surface area contributed by atoms with Crippen LogP contribution in [0.1, 0.15) is 110 Å². The fourth-order valence-electron chi connectivity index (χ4n) is 12.2. The van der Waals surface area contributed by atoms with Gasteiger partial charge in [-0.25, -0.2) is 4.79 Å². The SMILES string of the molecule is CC(C)C[C@H](NC(=O)[C@H](Cc1ccc(O)cc1)NC(=O)[C@H](Cc1c[nH]c2ccccc12)NC(=O)[C@H](CCC(=O)O)NC(=O)[C@@H](NC(=O)[C@@H]1CCCN1C(=O)[C@H](Cc1c[nH]c2ccccc12)NC(=O)[C@H](CS)NC(=O)[C@@H](NC(=O)[C@@H](N)CCC(=O)O)C(C)C)C(C)C)C(=O)N[C@@H](CS)C(=O)N[C@@H](CC(N)=O)C(=O)O. The Balaban J connectivity index is 1.25. The van der Waals surface area contributed by atoms with Gasteiger partial charge in [-0.3, -0.25) is 67.1 Å². The third-order valence-electron chi connectivity index (χ3n) is 18.1. The van der Waals surface area contributed by atoms with Crippen LogP contribution in [0.3, 0.4) is 0 Å². The van der Waals surface area contributed by atoms with E-state index in [1.54, 1.807) is 102 Å². The van der Waals surface area contributed by atoms with E-state index in [9.17, 15) is 77.6 Å². The number of nitrogens with zero attached hydrogens (tertiary/aromatic N) is 1. The third-order valence-corrected chi connectivity index (χ3v) is 18.8. The first-order valence-corrected chi connectivity index (χ1v) is 36.5. The Morgan fingerprint density at radius 3 is 1.43 bits per heavy atom. The van der Waals surface area contributed by atoms with Crippen molar-refractivity contribution in [1.82, 2.24) is 68.0 Å². The van der Waals surface area contributed by atoms with Crippen molar-refractivity contribution in [2.24, 2.45) is 29.2 Å². The van der Waals surface area contributed by atoms with E-state index in [0.29, 0.717) is 38.5 Å². The molecule has 0 aliphatic carbocycles. The molecule has 12 amide bonds. The standard InChI is InChI=1S/C72H97N15O19S2/c1-35(2)26-48(63(96)83-53(33-107)67(100)82-52(72(105)106)30-56(74)89)78-64(97)49(27-38-17-19-41(88)20-18-38)79-65(98)50(28-39-31-75-45-14-9-7-12-42(39)45)80-62(95)47(22-24-58(92)93)77-69(102)60(37(5)6)86-68(101)55-16-11-25-87(55)71(104)51(29-40-32-76-46-15-10-8-13-43(40)46)81-66(99)54(34-108)84-70(103)59(36(3)4)85-61(94)44(73)21-23-57(90)91/h7-10,12-15,17-20,31-32,35-37,44,47-55,59-60,75-76,88,107-108H,11,16,21-30,33-34,73H2,1-6H3,(H2,74,89)(H,77,102)(H,78,97)(H,79,98)(H,80,95)(H,81,99)(H,82,100)(H,83,96)(H,84,103)(H,85,94)(H,86,101)(H,90,91)(H,92,93)(H,105,106)/t44-,47-,48-,49-,50-,51-,52-,53-,54-,55-,59-,60-/m0/s1. The van der Waals surface area contributed by atoms with Crippen molar-refractivity contribution in [3.05, 3.63) is 102 Å². The first-order valence-electron chi connectivity index (χ1n) is 35.2. The van der Waals surface area contributed by atoms with Crippen molar-refractivity contribution in [2.75, 3.05) is 18.1 Å². The zero-order chi connectivity index (χ0) is 79.8. The van der Waals surface area contributed by atoms with Gasteiger partial charge in [-0.15, -0.1) is 0 Å². The van der Waals surface area contributed by atoms with E-state index < -0.39 is 199 Å². The summed E-state index contributed by atoms with van der Waals surface area (Å²) in [6.45, 7) is 9.82. The number of aromatic hydroxyl groups is 1. The summed E-state index contributed by atoms with van der Waals surface area (Å²) < 4.78 is 0. The van der Waals surface area contributed by atoms with Crippen molar-refractivity contribution in [3.63, 3.8) is 0 Å². The lowest BCUT2D eigenvalue weighted by Gasteiger charge is -2.32. The number of aromatic amines is 2. The monoisotopic (exact) mass is 1540 g/mol. The van der Waals surface area contributed by atoms with Gasteiger partial charge in [0.25, 0.3) is 0 Å². The second kappa shape index (κ2) is 40.8. The summed E-state index contributed by atoms with van der Waals surface area (Å²) in [7, 11) is 0. The molecule has 108 heavy (non-hydrogen) atoms. The quantitative estimate of drug-likeness (QED) is 0.0218. The van der Waals surface area contributed by atoms with Gasteiger partial charge in [0.05, 0.1) is 12.5 Å². The summed E-state index contributed by atoms with van der Waals surface area (Å²) >= 11 is 8.51. The van der Waals surface area contributed by atoms with Gasteiger partial charge in [0.2, 0.25) is 70.9 Å². The lowest BCUT2D eigenvalue weighted by molar-refractivity contribution is -0.143. The number of hydrogen-bond acceptors (Lipinski definition) is 19. The fraction of sp³-hybridized carbons (Fsp3) is 0.486. The average Bonchev–Trinajstić information content (AvgIpc) is 1.63. The minimum Gasteiger partial charge on any atom is -0.508 e. The molecule has 0 spiro atoms. The predicted molar refractivity (Wildman–Crippen MR) is 400 cm³/mol. The highest BCUT2D eigenvalue weighted by Gasteiger charge is 2.42. The van der Waals surface area contributed by atoms with Crippen LogP contribution in [0.4, 0.5) is 0 Å². The van der Waals surface area contributed by atoms with Crippen LogP contribution in [-0.2, 0) is 91.2 Å². The zero-order valence-corrected chi connectivity index (χ0v) is 62.3. The number of H-pyrrole nitrogens is 2. The van der Waals surface area contributed by atoms with E-state index in [1.165, 1.54) is 29.2 Å². The predicted octanol–water partition coefficient (Wildman–Crippen LogP) is -0.544. The Labute approximate surface area is 632 Å². The van der Waals surface area contributed by atoms with Crippen molar-refractivity contribution in [3.8, 4) is 5.75 Å². The number of carboxylic acids is 3. The summed E-state index contributed by atoms with van der Waals surface area (Å²) in [5.41, 5.74) is 13.9. The van der Waals surface area contributed by atoms with E-state index in [0.717, 1.165) is 0 Å². The molecule has 586 valence electrons. The number of nitrogens with two attached hydrogens (primary N) is 2. The maximum atomic E-state index is 15.1. The largest absolute Gasteiger partial charge is 0.508 e. The molecule has 5 aromatic rings. The molecule has 2 aromatic heterocycles. The molecule has 20 N–H and O–H groups in total. The number of phenolic OH excluding ortho intramolecular Hbond substituents is 1. The molecule has 12 atom stereocenters. The second-order valence-corrected chi connectivity index (χ2v) is 28.3. The summed E-state index contributed by atoms with van der Waals surface area (Å²) in [6, 6.07) is 1.85. The van der Waals surface area contributed by atoms with Crippen molar-refractivity contribution in [2.45, 2.75) is 185 Å². The minimum absolute atomic E-state index is 0.00422. The molecule has 0 unspecified atom stereocenters. The van der Waals surface area contributed by atoms with Gasteiger partial charge in [0, 0.05) is 84.4 Å². The summed E-state index contributed by atoms with van der Waals surface area (Å²) in [6.07, 6.45) is 0.0438. The first kappa shape index (κ1) is 86.2. The maximum Gasteiger partial charge on any atom is 0.326 e. The first-order chi connectivity index (χ1) is 51.1. The van der Waals surface area contributed by atoms with Crippen molar-refractivity contribution >= 4 is 136 Å². The van der Waals surface area contributed by atoms with E-state index in [1.807, 2.05) is 0 Å². The molecule has 34 nitrogen and oxygen atoms in total. The summed E-state index contributed by atoms with van der Waals surface area (Å²) in [5, 5.41) is 66.0. The molecule has 1 aliphatic rings. The Kier molecular flexibility index (Phi) is 32.6. The normalized spacial score (nSPS) is 15.9. The highest BCUT2D eigenvalue weighted by atomic mass is 32.1. The highest BCUT2D eigenvalue weighted by Crippen LogP contribution is 2.25. The number of carboxylic acid groups (broad SMARTS) is 3. The molecule has 36 heteroatoms. The summed E-state index contributed by atoms with van der Waals surface area (Å²) in [4.78, 5) is 212. The summed E-state index contributed by atoms with van der Waals surface area (Å²) in [5.74, 6) is -17.7. The number of primary amides is 1. The molecule has 3 heterocycles. The Morgan fingerprint density at radius 1 is 0.500 bits per heavy atom. The van der Waals surface area contributed by atoms with Gasteiger partial charge >= 0.3 is 17.9 Å². The zero-order valence-electron chi connectivity index (χ0n) is 60.6. The molecule has 0 saturated carbocycles. The van der Waals surface area contributed by atoms with Crippen LogP contribution in [0.5, 0.6) is 5.75 Å². The van der Waals surface area contributed by atoms with E-state index in [4.69, 9.17) is 16.6 Å². The number of para-hydroxylation sites is 2. The molecular formula is C72H97N15O19S2. The number of hydrogen-bond donors (Lipinski definition) is 20. The molecule has 0 radical (unpaired) electrons. The van der Waals surface area contributed by atoms with Crippen LogP contribution in [0, 0.1) is 17.8 Å². The maximum absolute atomic E-state index is 15.1. The number of benzene rings is 3. The number of fused-ring (bicyclic) bond motifs is 2. The molecule has 1 fully saturated rings. The molecular weight excluding hydrogens is 1440 g/mol. The number of likely N-dealkylation sites (tertiary alicyclic amines) is 1. The topological polar surface area (TPSA) is 544 Å². The molecule has 1 aliphatic heterocycles. The van der Waals surface area contributed by atoms with Gasteiger partial charge in [-0.1, -0.05) is 90.1 Å². The number of amides is 12. The van der Waals surface area contributed by atoms with Crippen LogP contribution in [0.25, 0.3) is 21.8 Å². The van der Waals surface area contributed by atoms with Crippen molar-refractivity contribution < 1.29 is 92.3 Å². The lowest BCUT2D eigenvalue weighted by Crippen LogP contribution is -2.62. The molecule has 3 aromatic carbocycles. The van der Waals surface area contributed by atoms with E-state index in [-0.39, 0.29) is 74.7 Å². The number of nitrogens with one attached hydrogen (secondary N) is 12. The fourth-order valence-corrected chi connectivity index (χ4v) is 12.7. The van der Waals surface area contributed by atoms with Crippen LogP contribution < -0.4 is 64.6 Å². The van der Waals surface area contributed by atoms with Crippen LogP contribution in [0.15, 0.2) is 85.2 Å². The minimum atomic E-state index is -1.76. The van der Waals surface area contributed by atoms with Crippen LogP contribution in [-0.4, -0.2) is 215 Å². The third kappa shape index (κ3) is 25.2.